The minimum Gasteiger partial charge on any atom is -0.337 e. The molecule has 26 heavy (non-hydrogen) atoms. The standard InChI is InChI=1S/C17H21IN4O3S/c1-13-19-16(12-20(13)2)26(24,25)22-9-3-8-21(10-11-22)17(23)14-4-6-15(18)7-5-14/h4-7,12H,3,8-11H2,1-2H3. The van der Waals surface area contributed by atoms with Crippen LogP contribution in [0, 0.1) is 10.5 Å². The van der Waals surface area contributed by atoms with E-state index in [9.17, 15) is 13.2 Å². The van der Waals surface area contributed by atoms with Crippen molar-refractivity contribution in [1.82, 2.24) is 18.8 Å². The van der Waals surface area contributed by atoms with Crippen LogP contribution in [0.5, 0.6) is 0 Å². The number of rotatable bonds is 3. The van der Waals surface area contributed by atoms with Gasteiger partial charge >= 0.3 is 0 Å². The van der Waals surface area contributed by atoms with E-state index in [2.05, 4.69) is 27.6 Å². The van der Waals surface area contributed by atoms with E-state index in [1.165, 1.54) is 10.5 Å². The highest BCUT2D eigenvalue weighted by molar-refractivity contribution is 14.1. The fraction of sp³-hybridized carbons (Fsp3) is 0.412. The molecule has 0 aliphatic carbocycles. The molecule has 1 aliphatic rings. The van der Waals surface area contributed by atoms with Crippen LogP contribution in [0.15, 0.2) is 35.5 Å². The van der Waals surface area contributed by atoms with Crippen LogP contribution >= 0.6 is 22.6 Å². The smallest absolute Gasteiger partial charge is 0.262 e. The van der Waals surface area contributed by atoms with E-state index in [1.54, 1.807) is 35.6 Å². The largest absolute Gasteiger partial charge is 0.337 e. The first-order chi connectivity index (χ1) is 12.3. The molecule has 9 heteroatoms. The molecule has 0 N–H and O–H groups in total. The Morgan fingerprint density at radius 1 is 1.12 bits per heavy atom. The Balaban J connectivity index is 1.73. The number of hydrogen-bond donors (Lipinski definition) is 0. The van der Waals surface area contributed by atoms with Crippen molar-refractivity contribution in [3.8, 4) is 0 Å². The molecule has 7 nitrogen and oxygen atoms in total. The van der Waals surface area contributed by atoms with Crippen LogP contribution in [0.2, 0.25) is 0 Å². The van der Waals surface area contributed by atoms with E-state index >= 15 is 0 Å². The van der Waals surface area contributed by atoms with Gasteiger partial charge in [0.15, 0.2) is 5.03 Å². The lowest BCUT2D eigenvalue weighted by Gasteiger charge is -2.21. The van der Waals surface area contributed by atoms with Crippen molar-refractivity contribution in [2.75, 3.05) is 26.2 Å². The number of hydrogen-bond acceptors (Lipinski definition) is 4. The minimum absolute atomic E-state index is 0.0608. The SMILES string of the molecule is Cc1nc(S(=O)(=O)N2CCCN(C(=O)c3ccc(I)cc3)CC2)cn1C. The van der Waals surface area contributed by atoms with E-state index in [0.717, 1.165) is 3.57 Å². The van der Waals surface area contributed by atoms with E-state index in [1.807, 2.05) is 12.1 Å². The molecule has 0 atom stereocenters. The first kappa shape index (κ1) is 19.3. The number of nitrogens with zero attached hydrogens (tertiary/aromatic N) is 4. The maximum absolute atomic E-state index is 12.8. The Kier molecular flexibility index (Phi) is 5.68. The summed E-state index contributed by atoms with van der Waals surface area (Å²) in [5.74, 6) is 0.586. The summed E-state index contributed by atoms with van der Waals surface area (Å²) in [7, 11) is -1.87. The molecule has 3 rings (SSSR count). The third-order valence-corrected chi connectivity index (χ3v) is 7.01. The van der Waals surface area contributed by atoms with Crippen molar-refractivity contribution in [3.05, 3.63) is 45.4 Å². The molecule has 1 aliphatic heterocycles. The summed E-state index contributed by atoms with van der Waals surface area (Å²) >= 11 is 2.20. The van der Waals surface area contributed by atoms with E-state index in [0.29, 0.717) is 37.4 Å². The monoisotopic (exact) mass is 488 g/mol. The Morgan fingerprint density at radius 3 is 2.42 bits per heavy atom. The molecule has 0 bridgehead atoms. The average Bonchev–Trinajstić information content (AvgIpc) is 2.82. The van der Waals surface area contributed by atoms with E-state index in [-0.39, 0.29) is 17.5 Å². The van der Waals surface area contributed by atoms with Gasteiger partial charge in [0.2, 0.25) is 0 Å². The normalized spacial score (nSPS) is 16.5. The number of sulfonamides is 1. The van der Waals surface area contributed by atoms with Crippen molar-refractivity contribution < 1.29 is 13.2 Å². The number of benzene rings is 1. The van der Waals surface area contributed by atoms with Gasteiger partial charge in [0, 0.05) is 48.6 Å². The Hall–Kier alpha value is -1.46. The van der Waals surface area contributed by atoms with Gasteiger partial charge in [-0.2, -0.15) is 4.31 Å². The van der Waals surface area contributed by atoms with Crippen LogP contribution in [0.1, 0.15) is 22.6 Å². The maximum atomic E-state index is 12.8. The predicted molar refractivity (Wildman–Crippen MR) is 106 cm³/mol. The molecule has 2 heterocycles. The zero-order valence-electron chi connectivity index (χ0n) is 14.7. The molecule has 1 aromatic carbocycles. The average molecular weight is 488 g/mol. The van der Waals surface area contributed by atoms with Gasteiger partial charge in [0.05, 0.1) is 0 Å². The lowest BCUT2D eigenvalue weighted by Crippen LogP contribution is -2.37. The third-order valence-electron chi connectivity index (χ3n) is 4.52. The third kappa shape index (κ3) is 3.94. The van der Waals surface area contributed by atoms with Crippen molar-refractivity contribution in [2.24, 2.45) is 7.05 Å². The van der Waals surface area contributed by atoms with Crippen LogP contribution in [-0.2, 0) is 17.1 Å². The highest BCUT2D eigenvalue weighted by Gasteiger charge is 2.30. The Labute approximate surface area is 167 Å². The fourth-order valence-corrected chi connectivity index (χ4v) is 4.75. The van der Waals surface area contributed by atoms with Crippen LogP contribution in [-0.4, -0.2) is 59.3 Å². The van der Waals surface area contributed by atoms with Gasteiger partial charge in [-0.25, -0.2) is 13.4 Å². The van der Waals surface area contributed by atoms with Crippen LogP contribution < -0.4 is 0 Å². The topological polar surface area (TPSA) is 75.5 Å². The number of carbonyl (C=O) groups excluding carboxylic acids is 1. The minimum atomic E-state index is -3.64. The quantitative estimate of drug-likeness (QED) is 0.619. The highest BCUT2D eigenvalue weighted by Crippen LogP contribution is 2.18. The van der Waals surface area contributed by atoms with Crippen molar-refractivity contribution >= 4 is 38.5 Å². The first-order valence-corrected chi connectivity index (χ1v) is 10.9. The zero-order valence-corrected chi connectivity index (χ0v) is 17.7. The summed E-state index contributed by atoms with van der Waals surface area (Å²) in [6.45, 7) is 3.33. The number of aryl methyl sites for hydroxylation is 2. The van der Waals surface area contributed by atoms with Crippen LogP contribution in [0.25, 0.3) is 0 Å². The second-order valence-corrected chi connectivity index (χ2v) is 9.42. The summed E-state index contributed by atoms with van der Waals surface area (Å²) in [6.07, 6.45) is 2.13. The number of imidazole rings is 1. The van der Waals surface area contributed by atoms with Crippen molar-refractivity contribution in [1.29, 1.82) is 0 Å². The lowest BCUT2D eigenvalue weighted by atomic mass is 10.2. The second-order valence-electron chi connectivity index (χ2n) is 6.29. The van der Waals surface area contributed by atoms with Gasteiger partial charge in [-0.05, 0) is 60.2 Å². The molecular weight excluding hydrogens is 467 g/mol. The molecule has 1 fully saturated rings. The van der Waals surface area contributed by atoms with Gasteiger partial charge < -0.3 is 9.47 Å². The van der Waals surface area contributed by atoms with E-state index < -0.39 is 10.0 Å². The summed E-state index contributed by atoms with van der Waals surface area (Å²) in [6, 6.07) is 7.40. The molecule has 0 saturated carbocycles. The van der Waals surface area contributed by atoms with Crippen LogP contribution in [0.3, 0.4) is 0 Å². The molecule has 2 aromatic rings. The van der Waals surface area contributed by atoms with Gasteiger partial charge in [-0.3, -0.25) is 4.79 Å². The molecule has 0 unspecified atom stereocenters. The molecule has 0 radical (unpaired) electrons. The highest BCUT2D eigenvalue weighted by atomic mass is 127. The van der Waals surface area contributed by atoms with Gasteiger partial charge in [-0.1, -0.05) is 0 Å². The fourth-order valence-electron chi connectivity index (χ4n) is 2.90. The maximum Gasteiger partial charge on any atom is 0.262 e. The second kappa shape index (κ2) is 7.65. The van der Waals surface area contributed by atoms with Gasteiger partial charge in [0.1, 0.15) is 5.82 Å². The van der Waals surface area contributed by atoms with E-state index in [4.69, 9.17) is 0 Å². The number of aromatic nitrogens is 2. The summed E-state index contributed by atoms with van der Waals surface area (Å²) in [4.78, 5) is 18.6. The summed E-state index contributed by atoms with van der Waals surface area (Å²) < 4.78 is 29.9. The molecule has 140 valence electrons. The first-order valence-electron chi connectivity index (χ1n) is 8.34. The number of carbonyl (C=O) groups is 1. The van der Waals surface area contributed by atoms with Crippen LogP contribution in [0.4, 0.5) is 0 Å². The molecular formula is C17H21IN4O3S. The predicted octanol–water partition coefficient (Wildman–Crippen LogP) is 1.87. The van der Waals surface area contributed by atoms with Gasteiger partial charge in [0.25, 0.3) is 15.9 Å². The summed E-state index contributed by atoms with van der Waals surface area (Å²) in [5, 5.41) is 0.0647. The van der Waals surface area contributed by atoms with Crippen molar-refractivity contribution in [2.45, 2.75) is 18.4 Å². The zero-order chi connectivity index (χ0) is 18.9. The van der Waals surface area contributed by atoms with Gasteiger partial charge in [-0.15, -0.1) is 0 Å². The number of amides is 1. The lowest BCUT2D eigenvalue weighted by molar-refractivity contribution is 0.0764. The summed E-state index contributed by atoms with van der Waals surface area (Å²) in [5.41, 5.74) is 0.627. The molecule has 1 amide bonds. The Morgan fingerprint density at radius 2 is 1.81 bits per heavy atom. The van der Waals surface area contributed by atoms with Crippen molar-refractivity contribution in [3.63, 3.8) is 0 Å². The number of halogens is 1. The molecule has 1 saturated heterocycles. The Bertz CT molecular complexity index is 889. The molecule has 0 spiro atoms. The molecule has 1 aromatic heterocycles.